The first-order valence-corrected chi connectivity index (χ1v) is 10.1. The van der Waals surface area contributed by atoms with Crippen LogP contribution in [0.3, 0.4) is 0 Å². The molecule has 6 nitrogen and oxygen atoms in total. The molecule has 0 aliphatic rings. The van der Waals surface area contributed by atoms with Crippen molar-refractivity contribution in [3.05, 3.63) is 89.7 Å². The minimum absolute atomic E-state index is 0.227. The molecule has 0 saturated heterocycles. The second-order valence-electron chi connectivity index (χ2n) is 7.24. The van der Waals surface area contributed by atoms with Gasteiger partial charge in [-0.2, -0.15) is 0 Å². The summed E-state index contributed by atoms with van der Waals surface area (Å²) in [6.45, 7) is 0.709. The molecular formula is C25H25N3O3. The van der Waals surface area contributed by atoms with Crippen LogP contribution in [-0.2, 0) is 19.4 Å². The van der Waals surface area contributed by atoms with Crippen LogP contribution in [0.25, 0.3) is 11.4 Å². The Bertz CT molecular complexity index is 1140. The average molecular weight is 415 g/mol. The molecule has 1 heterocycles. The molecule has 1 N–H and O–H groups in total. The van der Waals surface area contributed by atoms with E-state index >= 15 is 0 Å². The lowest BCUT2D eigenvalue weighted by Crippen LogP contribution is -2.09. The Labute approximate surface area is 181 Å². The average Bonchev–Trinajstić information content (AvgIpc) is 3.20. The number of aromatic nitrogens is 3. The van der Waals surface area contributed by atoms with Gasteiger partial charge in [-0.3, -0.25) is 0 Å². The van der Waals surface area contributed by atoms with E-state index in [0.717, 1.165) is 29.2 Å². The highest BCUT2D eigenvalue weighted by Gasteiger charge is 2.15. The molecule has 0 amide bonds. The van der Waals surface area contributed by atoms with Crippen LogP contribution in [0.5, 0.6) is 17.2 Å². The minimum atomic E-state index is 0.227. The van der Waals surface area contributed by atoms with Crippen LogP contribution in [0.1, 0.15) is 17.0 Å². The van der Waals surface area contributed by atoms with Crippen LogP contribution in [0.15, 0.2) is 72.8 Å². The summed E-state index contributed by atoms with van der Waals surface area (Å²) in [4.78, 5) is 0. The lowest BCUT2D eigenvalue weighted by Gasteiger charge is -2.13. The first-order chi connectivity index (χ1) is 15.2. The molecule has 4 rings (SSSR count). The highest BCUT2D eigenvalue weighted by atomic mass is 16.5. The first-order valence-electron chi connectivity index (χ1n) is 10.1. The normalized spacial score (nSPS) is 10.8. The van der Waals surface area contributed by atoms with Gasteiger partial charge in [-0.1, -0.05) is 36.4 Å². The van der Waals surface area contributed by atoms with E-state index in [4.69, 9.17) is 9.47 Å². The zero-order valence-electron chi connectivity index (χ0n) is 17.7. The van der Waals surface area contributed by atoms with Gasteiger partial charge in [-0.15, -0.1) is 10.2 Å². The van der Waals surface area contributed by atoms with E-state index < -0.39 is 0 Å². The van der Waals surface area contributed by atoms with Gasteiger partial charge in [0.25, 0.3) is 0 Å². The van der Waals surface area contributed by atoms with Crippen molar-refractivity contribution < 1.29 is 14.6 Å². The van der Waals surface area contributed by atoms with Gasteiger partial charge in [0.15, 0.2) is 17.3 Å². The Balaban J connectivity index is 1.65. The van der Waals surface area contributed by atoms with Gasteiger partial charge in [0.1, 0.15) is 11.6 Å². The fraction of sp³-hybridized carbons (Fsp3) is 0.200. The molecule has 1 aromatic heterocycles. The Hall–Kier alpha value is -3.80. The Morgan fingerprint density at radius 3 is 2.26 bits per heavy atom. The molecule has 0 aliphatic heterocycles. The quantitative estimate of drug-likeness (QED) is 0.459. The molecular weight excluding hydrogens is 390 g/mol. The van der Waals surface area contributed by atoms with Crippen molar-refractivity contribution in [2.45, 2.75) is 19.4 Å². The Morgan fingerprint density at radius 1 is 0.806 bits per heavy atom. The van der Waals surface area contributed by atoms with E-state index in [9.17, 15) is 5.11 Å². The van der Waals surface area contributed by atoms with E-state index in [1.54, 1.807) is 26.4 Å². The van der Waals surface area contributed by atoms with Gasteiger partial charge in [0.2, 0.25) is 0 Å². The van der Waals surface area contributed by atoms with Crippen LogP contribution in [0.4, 0.5) is 0 Å². The van der Waals surface area contributed by atoms with E-state index in [0.29, 0.717) is 24.5 Å². The molecule has 0 fully saturated rings. The third kappa shape index (κ3) is 4.69. The number of aromatic hydroxyl groups is 1. The second kappa shape index (κ2) is 9.34. The van der Waals surface area contributed by atoms with Crippen molar-refractivity contribution in [1.82, 2.24) is 14.8 Å². The minimum Gasteiger partial charge on any atom is -0.508 e. The largest absolute Gasteiger partial charge is 0.508 e. The molecule has 0 saturated carbocycles. The predicted octanol–water partition coefficient (Wildman–Crippen LogP) is 4.50. The SMILES string of the molecule is COc1ccc(CCn2c(Cc3ccccc3)nnc2-c2ccc(O)cc2)cc1OC. The van der Waals surface area contributed by atoms with Gasteiger partial charge in [-0.05, 0) is 53.9 Å². The molecule has 0 aliphatic carbocycles. The van der Waals surface area contributed by atoms with Crippen LogP contribution in [-0.4, -0.2) is 34.1 Å². The number of hydrogen-bond donors (Lipinski definition) is 1. The smallest absolute Gasteiger partial charge is 0.163 e. The summed E-state index contributed by atoms with van der Waals surface area (Å²) in [5.41, 5.74) is 3.23. The molecule has 0 atom stereocenters. The molecule has 0 unspecified atom stereocenters. The molecule has 158 valence electrons. The van der Waals surface area contributed by atoms with E-state index in [1.807, 2.05) is 48.5 Å². The zero-order chi connectivity index (χ0) is 21.6. The van der Waals surface area contributed by atoms with Crippen molar-refractivity contribution in [3.63, 3.8) is 0 Å². The van der Waals surface area contributed by atoms with E-state index in [-0.39, 0.29) is 5.75 Å². The summed E-state index contributed by atoms with van der Waals surface area (Å²) < 4.78 is 12.9. The molecule has 31 heavy (non-hydrogen) atoms. The van der Waals surface area contributed by atoms with Crippen molar-refractivity contribution in [2.75, 3.05) is 14.2 Å². The number of phenols is 1. The zero-order valence-corrected chi connectivity index (χ0v) is 17.7. The van der Waals surface area contributed by atoms with Crippen molar-refractivity contribution in [1.29, 1.82) is 0 Å². The summed E-state index contributed by atoms with van der Waals surface area (Å²) in [7, 11) is 3.27. The maximum absolute atomic E-state index is 9.65. The van der Waals surface area contributed by atoms with E-state index in [1.165, 1.54) is 5.56 Å². The number of hydrogen-bond acceptors (Lipinski definition) is 5. The summed E-state index contributed by atoms with van der Waals surface area (Å²) in [6, 6.07) is 23.3. The third-order valence-electron chi connectivity index (χ3n) is 5.23. The fourth-order valence-corrected chi connectivity index (χ4v) is 3.58. The third-order valence-corrected chi connectivity index (χ3v) is 5.23. The fourth-order valence-electron chi connectivity index (χ4n) is 3.58. The number of phenolic OH excluding ortho intramolecular Hbond substituents is 1. The van der Waals surface area contributed by atoms with Crippen LogP contribution >= 0.6 is 0 Å². The molecule has 0 bridgehead atoms. The molecule has 0 radical (unpaired) electrons. The lowest BCUT2D eigenvalue weighted by atomic mass is 10.1. The van der Waals surface area contributed by atoms with Gasteiger partial charge in [0.05, 0.1) is 14.2 Å². The van der Waals surface area contributed by atoms with Gasteiger partial charge < -0.3 is 19.1 Å². The van der Waals surface area contributed by atoms with Crippen molar-refractivity contribution in [3.8, 4) is 28.6 Å². The summed E-state index contributed by atoms with van der Waals surface area (Å²) in [6.07, 6.45) is 1.48. The van der Waals surface area contributed by atoms with Crippen LogP contribution in [0.2, 0.25) is 0 Å². The highest BCUT2D eigenvalue weighted by molar-refractivity contribution is 5.56. The molecule has 0 spiro atoms. The number of rotatable bonds is 8. The molecule has 6 heteroatoms. The molecule has 3 aromatic carbocycles. The number of aryl methyl sites for hydroxylation is 1. The Morgan fingerprint density at radius 2 is 1.55 bits per heavy atom. The monoisotopic (exact) mass is 415 g/mol. The standard InChI is InChI=1S/C25H25N3O3/c1-30-22-13-8-19(16-23(22)31-2)14-15-28-24(17-18-6-4-3-5-7-18)26-27-25(28)20-9-11-21(29)12-10-20/h3-13,16,29H,14-15,17H2,1-2H3. The summed E-state index contributed by atoms with van der Waals surface area (Å²) in [5, 5.41) is 18.6. The number of nitrogens with zero attached hydrogens (tertiary/aromatic N) is 3. The summed E-state index contributed by atoms with van der Waals surface area (Å²) >= 11 is 0. The van der Waals surface area contributed by atoms with Crippen LogP contribution in [0, 0.1) is 0 Å². The van der Waals surface area contributed by atoms with Crippen molar-refractivity contribution in [2.24, 2.45) is 0 Å². The van der Waals surface area contributed by atoms with Crippen molar-refractivity contribution >= 4 is 0 Å². The summed E-state index contributed by atoms with van der Waals surface area (Å²) in [5.74, 6) is 3.34. The Kier molecular flexibility index (Phi) is 6.17. The predicted molar refractivity (Wildman–Crippen MR) is 120 cm³/mol. The first kappa shape index (κ1) is 20.5. The maximum atomic E-state index is 9.65. The van der Waals surface area contributed by atoms with Crippen LogP contribution < -0.4 is 9.47 Å². The van der Waals surface area contributed by atoms with Gasteiger partial charge in [-0.25, -0.2) is 0 Å². The number of benzene rings is 3. The van der Waals surface area contributed by atoms with E-state index in [2.05, 4.69) is 26.9 Å². The van der Waals surface area contributed by atoms with Gasteiger partial charge in [0, 0.05) is 18.5 Å². The lowest BCUT2D eigenvalue weighted by molar-refractivity contribution is 0.354. The number of methoxy groups -OCH3 is 2. The maximum Gasteiger partial charge on any atom is 0.163 e. The molecule has 4 aromatic rings. The second-order valence-corrected chi connectivity index (χ2v) is 7.24. The highest BCUT2D eigenvalue weighted by Crippen LogP contribution is 2.28. The number of ether oxygens (including phenoxy) is 2. The topological polar surface area (TPSA) is 69.4 Å². The van der Waals surface area contributed by atoms with Gasteiger partial charge >= 0.3 is 0 Å².